The monoisotopic (exact) mass is 285 g/mol. The average molecular weight is 285 g/mol. The molecule has 0 bridgehead atoms. The summed E-state index contributed by atoms with van der Waals surface area (Å²) in [4.78, 5) is 25.4. The molecule has 1 aromatic carbocycles. The fourth-order valence-electron chi connectivity index (χ4n) is 1.71. The topological polar surface area (TPSA) is 48.4 Å². The SMILES string of the molecule is CC(C)(C)OOC(=O)C=CCc1cnc2ccccc2c1. The number of aromatic nitrogens is 1. The zero-order valence-electron chi connectivity index (χ0n) is 12.5. The third-order valence-electron chi connectivity index (χ3n) is 2.63. The van der Waals surface area contributed by atoms with Crippen LogP contribution in [-0.2, 0) is 21.0 Å². The van der Waals surface area contributed by atoms with E-state index in [2.05, 4.69) is 15.9 Å². The predicted molar refractivity (Wildman–Crippen MR) is 81.5 cm³/mol. The molecule has 0 aliphatic carbocycles. The van der Waals surface area contributed by atoms with Crippen molar-refractivity contribution in [2.24, 2.45) is 0 Å². The van der Waals surface area contributed by atoms with Crippen molar-refractivity contribution in [1.29, 1.82) is 0 Å². The van der Waals surface area contributed by atoms with Gasteiger partial charge < -0.3 is 0 Å². The van der Waals surface area contributed by atoms with Crippen LogP contribution in [0, 0.1) is 0 Å². The van der Waals surface area contributed by atoms with Gasteiger partial charge in [-0.1, -0.05) is 24.3 Å². The first-order valence-corrected chi connectivity index (χ1v) is 6.84. The predicted octanol–water partition coefficient (Wildman–Crippen LogP) is 3.61. The van der Waals surface area contributed by atoms with Crippen molar-refractivity contribution in [1.82, 2.24) is 4.98 Å². The van der Waals surface area contributed by atoms with Crippen LogP contribution in [0.1, 0.15) is 26.3 Å². The second kappa shape index (κ2) is 6.50. The lowest BCUT2D eigenvalue weighted by Crippen LogP contribution is -2.21. The van der Waals surface area contributed by atoms with E-state index in [1.165, 1.54) is 6.08 Å². The molecule has 4 heteroatoms. The second-order valence-corrected chi connectivity index (χ2v) is 5.74. The summed E-state index contributed by atoms with van der Waals surface area (Å²) in [5.41, 5.74) is 1.49. The van der Waals surface area contributed by atoms with Crippen molar-refractivity contribution >= 4 is 16.9 Å². The lowest BCUT2D eigenvalue weighted by molar-refractivity contribution is -0.316. The van der Waals surface area contributed by atoms with Gasteiger partial charge in [0.2, 0.25) is 0 Å². The molecular formula is C17H19NO3. The molecule has 21 heavy (non-hydrogen) atoms. The fraction of sp³-hybridized carbons (Fsp3) is 0.294. The van der Waals surface area contributed by atoms with E-state index in [4.69, 9.17) is 4.89 Å². The van der Waals surface area contributed by atoms with Crippen LogP contribution in [0.5, 0.6) is 0 Å². The van der Waals surface area contributed by atoms with Gasteiger partial charge in [-0.15, -0.1) is 0 Å². The van der Waals surface area contributed by atoms with Crippen molar-refractivity contribution in [3.8, 4) is 0 Å². The van der Waals surface area contributed by atoms with Gasteiger partial charge in [0.1, 0.15) is 5.60 Å². The number of rotatable bonds is 4. The van der Waals surface area contributed by atoms with Crippen LogP contribution in [0.2, 0.25) is 0 Å². The molecule has 0 fully saturated rings. The average Bonchev–Trinajstić information content (AvgIpc) is 2.44. The van der Waals surface area contributed by atoms with Crippen molar-refractivity contribution in [3.63, 3.8) is 0 Å². The Labute approximate surface area is 124 Å². The van der Waals surface area contributed by atoms with Crippen LogP contribution in [0.25, 0.3) is 10.9 Å². The Morgan fingerprint density at radius 3 is 2.81 bits per heavy atom. The largest absolute Gasteiger partial charge is 0.365 e. The van der Waals surface area contributed by atoms with Crippen LogP contribution in [-0.4, -0.2) is 16.6 Å². The van der Waals surface area contributed by atoms with Gasteiger partial charge in [0.25, 0.3) is 0 Å². The van der Waals surface area contributed by atoms with Crippen molar-refractivity contribution in [2.75, 3.05) is 0 Å². The normalized spacial score (nSPS) is 12.0. The van der Waals surface area contributed by atoms with Gasteiger partial charge in [0.15, 0.2) is 0 Å². The van der Waals surface area contributed by atoms with Crippen LogP contribution >= 0.6 is 0 Å². The van der Waals surface area contributed by atoms with E-state index < -0.39 is 11.6 Å². The van der Waals surface area contributed by atoms with Crippen LogP contribution in [0.4, 0.5) is 0 Å². The highest BCUT2D eigenvalue weighted by molar-refractivity contribution is 5.81. The number of carbonyl (C=O) groups excluding carboxylic acids is 1. The van der Waals surface area contributed by atoms with Gasteiger partial charge in [0.05, 0.1) is 5.52 Å². The van der Waals surface area contributed by atoms with E-state index in [1.807, 2.05) is 51.2 Å². The Morgan fingerprint density at radius 2 is 2.05 bits per heavy atom. The minimum Gasteiger partial charge on any atom is -0.293 e. The number of benzene rings is 1. The number of hydrogen-bond acceptors (Lipinski definition) is 4. The maximum Gasteiger partial charge on any atom is 0.365 e. The van der Waals surface area contributed by atoms with E-state index in [0.717, 1.165) is 16.5 Å². The molecule has 0 saturated heterocycles. The van der Waals surface area contributed by atoms with Gasteiger partial charge in [-0.05, 0) is 44.9 Å². The summed E-state index contributed by atoms with van der Waals surface area (Å²) < 4.78 is 0. The second-order valence-electron chi connectivity index (χ2n) is 5.74. The molecule has 2 aromatic rings. The Morgan fingerprint density at radius 1 is 1.29 bits per heavy atom. The van der Waals surface area contributed by atoms with Gasteiger partial charge in [-0.3, -0.25) is 9.87 Å². The van der Waals surface area contributed by atoms with Crippen molar-refractivity contribution in [3.05, 3.63) is 54.2 Å². The molecule has 1 aromatic heterocycles. The number of para-hydroxylation sites is 1. The zero-order valence-corrected chi connectivity index (χ0v) is 12.5. The number of allylic oxidation sites excluding steroid dienone is 1. The van der Waals surface area contributed by atoms with Gasteiger partial charge in [-0.2, -0.15) is 4.89 Å². The zero-order chi connectivity index (χ0) is 15.3. The van der Waals surface area contributed by atoms with Crippen LogP contribution in [0.3, 0.4) is 0 Å². The lowest BCUT2D eigenvalue weighted by Gasteiger charge is -2.15. The molecule has 0 aliphatic heterocycles. The molecule has 0 amide bonds. The summed E-state index contributed by atoms with van der Waals surface area (Å²) >= 11 is 0. The number of carbonyl (C=O) groups is 1. The first-order chi connectivity index (χ1) is 9.94. The smallest absolute Gasteiger partial charge is 0.293 e. The molecule has 0 radical (unpaired) electrons. The maximum atomic E-state index is 11.4. The van der Waals surface area contributed by atoms with E-state index in [9.17, 15) is 4.79 Å². The van der Waals surface area contributed by atoms with Crippen molar-refractivity contribution in [2.45, 2.75) is 32.8 Å². The van der Waals surface area contributed by atoms with Gasteiger partial charge in [0, 0.05) is 17.7 Å². The van der Waals surface area contributed by atoms with Gasteiger partial charge in [-0.25, -0.2) is 4.79 Å². The molecule has 0 N–H and O–H groups in total. The summed E-state index contributed by atoms with van der Waals surface area (Å²) in [6.45, 7) is 5.43. The Bertz CT molecular complexity index is 656. The molecule has 1 heterocycles. The first kappa shape index (κ1) is 15.2. The molecule has 0 saturated carbocycles. The van der Waals surface area contributed by atoms with E-state index >= 15 is 0 Å². The molecule has 0 atom stereocenters. The molecule has 2 rings (SSSR count). The summed E-state index contributed by atoms with van der Waals surface area (Å²) in [5.74, 6) is -0.515. The molecule has 4 nitrogen and oxygen atoms in total. The van der Waals surface area contributed by atoms with Gasteiger partial charge >= 0.3 is 5.97 Å². The molecule has 0 spiro atoms. The highest BCUT2D eigenvalue weighted by Crippen LogP contribution is 2.13. The quantitative estimate of drug-likeness (QED) is 0.489. The summed E-state index contributed by atoms with van der Waals surface area (Å²) in [6, 6.07) is 9.98. The number of hydrogen-bond donors (Lipinski definition) is 0. The Kier molecular flexibility index (Phi) is 4.70. The van der Waals surface area contributed by atoms with E-state index in [-0.39, 0.29) is 0 Å². The summed E-state index contributed by atoms with van der Waals surface area (Å²) in [6.07, 6.45) is 5.52. The lowest BCUT2D eigenvalue weighted by atomic mass is 10.1. The summed E-state index contributed by atoms with van der Waals surface area (Å²) in [5, 5.41) is 1.09. The summed E-state index contributed by atoms with van der Waals surface area (Å²) in [7, 11) is 0. The number of nitrogens with zero attached hydrogens (tertiary/aromatic N) is 1. The molecule has 0 unspecified atom stereocenters. The maximum absolute atomic E-state index is 11.4. The first-order valence-electron chi connectivity index (χ1n) is 6.84. The highest BCUT2D eigenvalue weighted by Gasteiger charge is 2.13. The number of fused-ring (bicyclic) bond motifs is 1. The molecule has 110 valence electrons. The third-order valence-corrected chi connectivity index (χ3v) is 2.63. The molecular weight excluding hydrogens is 266 g/mol. The third kappa shape index (κ3) is 5.00. The van der Waals surface area contributed by atoms with Crippen molar-refractivity contribution < 1.29 is 14.6 Å². The van der Waals surface area contributed by atoms with Crippen LogP contribution < -0.4 is 0 Å². The van der Waals surface area contributed by atoms with Crippen LogP contribution in [0.15, 0.2) is 48.7 Å². The Hall–Kier alpha value is -2.20. The Balaban J connectivity index is 1.92. The number of pyridine rings is 1. The van der Waals surface area contributed by atoms with E-state index in [1.54, 1.807) is 6.08 Å². The fourth-order valence-corrected chi connectivity index (χ4v) is 1.71. The van der Waals surface area contributed by atoms with E-state index in [0.29, 0.717) is 6.42 Å². The minimum atomic E-state index is -0.515. The molecule has 0 aliphatic rings. The highest BCUT2D eigenvalue weighted by atomic mass is 17.2. The minimum absolute atomic E-state index is 0.508. The standard InChI is InChI=1S/C17H19NO3/c1-17(2,3)21-20-16(19)10-6-7-13-11-14-8-4-5-9-15(14)18-12-13/h4-6,8-12H,7H2,1-3H3.